The molecule has 17 heavy (non-hydrogen) atoms. The smallest absolute Gasteiger partial charge is 0.261 e. The van der Waals surface area contributed by atoms with Crippen molar-refractivity contribution < 1.29 is 13.5 Å². The first-order valence-electron chi connectivity index (χ1n) is 5.47. The highest BCUT2D eigenvalue weighted by Crippen LogP contribution is 2.19. The predicted molar refractivity (Wildman–Crippen MR) is 67.2 cm³/mol. The fourth-order valence-corrected chi connectivity index (χ4v) is 1.89. The first-order chi connectivity index (χ1) is 8.13. The van der Waals surface area contributed by atoms with E-state index in [1.807, 2.05) is 25.1 Å². The molecule has 1 N–H and O–H groups in total. The number of nitrogens with one attached hydrogen (secondary N) is 1. The van der Waals surface area contributed by atoms with Crippen LogP contribution in [0.3, 0.4) is 0 Å². The minimum Gasteiger partial charge on any atom is -0.371 e. The van der Waals surface area contributed by atoms with Gasteiger partial charge < -0.3 is 10.1 Å². The van der Waals surface area contributed by atoms with Gasteiger partial charge in [0.15, 0.2) is 0 Å². The van der Waals surface area contributed by atoms with Crippen LogP contribution in [-0.2, 0) is 17.9 Å². The summed E-state index contributed by atoms with van der Waals surface area (Å²) < 4.78 is 29.6. The van der Waals surface area contributed by atoms with Gasteiger partial charge in [-0.2, -0.15) is 0 Å². The van der Waals surface area contributed by atoms with Gasteiger partial charge in [-0.1, -0.05) is 35.0 Å². The number of ether oxygens (including phenoxy) is 1. The first kappa shape index (κ1) is 14.5. The highest BCUT2D eigenvalue weighted by Gasteiger charge is 2.05. The van der Waals surface area contributed by atoms with Crippen LogP contribution >= 0.6 is 15.9 Å². The molecule has 0 radical (unpaired) electrons. The third-order valence-electron chi connectivity index (χ3n) is 2.20. The first-order valence-corrected chi connectivity index (χ1v) is 6.26. The van der Waals surface area contributed by atoms with Gasteiger partial charge in [-0.05, 0) is 23.7 Å². The van der Waals surface area contributed by atoms with Crippen LogP contribution in [0, 0.1) is 0 Å². The van der Waals surface area contributed by atoms with Crippen molar-refractivity contribution >= 4 is 15.9 Å². The van der Waals surface area contributed by atoms with Gasteiger partial charge in [0, 0.05) is 11.0 Å². The molecule has 0 aliphatic carbocycles. The van der Waals surface area contributed by atoms with Gasteiger partial charge in [0.1, 0.15) is 6.61 Å². The molecule has 0 spiro atoms. The number of benzene rings is 1. The molecule has 0 unspecified atom stereocenters. The van der Waals surface area contributed by atoms with E-state index in [9.17, 15) is 8.78 Å². The molecule has 1 aromatic carbocycles. The lowest BCUT2D eigenvalue weighted by molar-refractivity contribution is 0.00970. The molecule has 0 fully saturated rings. The Morgan fingerprint density at radius 1 is 1.41 bits per heavy atom. The summed E-state index contributed by atoms with van der Waals surface area (Å²) in [4.78, 5) is 0. The summed E-state index contributed by atoms with van der Waals surface area (Å²) in [6.07, 6.45) is -2.41. The summed E-state index contributed by atoms with van der Waals surface area (Å²) in [6, 6.07) is 5.83. The maximum absolute atomic E-state index is 11.9. The SMILES string of the molecule is CCNCc1ccc(COCC(F)F)c(Br)c1. The van der Waals surface area contributed by atoms with E-state index in [0.29, 0.717) is 0 Å². The average molecular weight is 308 g/mol. The van der Waals surface area contributed by atoms with Crippen molar-refractivity contribution in [3.8, 4) is 0 Å². The molecule has 2 nitrogen and oxygen atoms in total. The van der Waals surface area contributed by atoms with Crippen LogP contribution in [0.15, 0.2) is 22.7 Å². The molecule has 0 heterocycles. The number of halogens is 3. The summed E-state index contributed by atoms with van der Waals surface area (Å²) in [5.41, 5.74) is 2.03. The van der Waals surface area contributed by atoms with Crippen LogP contribution in [0.25, 0.3) is 0 Å². The van der Waals surface area contributed by atoms with E-state index >= 15 is 0 Å². The number of rotatable bonds is 7. The maximum Gasteiger partial charge on any atom is 0.261 e. The average Bonchev–Trinajstić information content (AvgIpc) is 2.28. The molecule has 0 bridgehead atoms. The second kappa shape index (κ2) is 7.74. The third-order valence-corrected chi connectivity index (χ3v) is 2.94. The Labute approximate surface area is 108 Å². The van der Waals surface area contributed by atoms with Crippen LogP contribution in [0.4, 0.5) is 8.78 Å². The monoisotopic (exact) mass is 307 g/mol. The Kier molecular flexibility index (Phi) is 6.62. The summed E-state index contributed by atoms with van der Waals surface area (Å²) >= 11 is 3.41. The second-order valence-corrected chi connectivity index (χ2v) is 4.47. The van der Waals surface area contributed by atoms with Crippen molar-refractivity contribution in [2.24, 2.45) is 0 Å². The highest BCUT2D eigenvalue weighted by molar-refractivity contribution is 9.10. The molecular weight excluding hydrogens is 292 g/mol. The third kappa shape index (κ3) is 5.57. The van der Waals surface area contributed by atoms with E-state index in [2.05, 4.69) is 21.2 Å². The van der Waals surface area contributed by atoms with Gasteiger partial charge in [-0.15, -0.1) is 0 Å². The van der Waals surface area contributed by atoms with Gasteiger partial charge in [0.2, 0.25) is 0 Å². The number of hydrogen-bond acceptors (Lipinski definition) is 2. The number of hydrogen-bond donors (Lipinski definition) is 1. The summed E-state index contributed by atoms with van der Waals surface area (Å²) in [6.45, 7) is 3.43. The zero-order valence-corrected chi connectivity index (χ0v) is 11.3. The maximum atomic E-state index is 11.9. The van der Waals surface area contributed by atoms with Crippen LogP contribution < -0.4 is 5.32 Å². The fourth-order valence-electron chi connectivity index (χ4n) is 1.35. The minimum absolute atomic E-state index is 0.201. The summed E-state index contributed by atoms with van der Waals surface area (Å²) in [5, 5.41) is 3.22. The van der Waals surface area contributed by atoms with Crippen molar-refractivity contribution in [1.82, 2.24) is 5.32 Å². The van der Waals surface area contributed by atoms with E-state index in [-0.39, 0.29) is 6.61 Å². The Morgan fingerprint density at radius 2 is 2.18 bits per heavy atom. The molecule has 0 amide bonds. The molecule has 0 saturated heterocycles. The second-order valence-electron chi connectivity index (χ2n) is 3.61. The van der Waals surface area contributed by atoms with Crippen LogP contribution in [0.2, 0.25) is 0 Å². The zero-order chi connectivity index (χ0) is 12.7. The Balaban J connectivity index is 2.50. The lowest BCUT2D eigenvalue weighted by Crippen LogP contribution is -2.11. The normalized spacial score (nSPS) is 11.1. The van der Waals surface area contributed by atoms with Crippen molar-refractivity contribution in [3.63, 3.8) is 0 Å². The minimum atomic E-state index is -2.41. The Hall–Kier alpha value is -0.520. The quantitative estimate of drug-likeness (QED) is 0.834. The van der Waals surface area contributed by atoms with Gasteiger partial charge in [-0.3, -0.25) is 0 Å². The standard InChI is InChI=1S/C12H16BrF2NO/c1-2-16-6-9-3-4-10(11(13)5-9)7-17-8-12(14)15/h3-5,12,16H,2,6-8H2,1H3. The molecule has 1 rings (SSSR count). The van der Waals surface area contributed by atoms with Crippen LogP contribution in [0.1, 0.15) is 18.1 Å². The van der Waals surface area contributed by atoms with E-state index < -0.39 is 13.0 Å². The van der Waals surface area contributed by atoms with Crippen LogP contribution in [0.5, 0.6) is 0 Å². The summed E-state index contributed by atoms with van der Waals surface area (Å²) in [7, 11) is 0. The molecule has 0 saturated carbocycles. The van der Waals surface area contributed by atoms with E-state index in [1.54, 1.807) is 0 Å². The van der Waals surface area contributed by atoms with Crippen molar-refractivity contribution in [2.75, 3.05) is 13.2 Å². The molecular formula is C12H16BrF2NO. The van der Waals surface area contributed by atoms with Crippen LogP contribution in [-0.4, -0.2) is 19.6 Å². The van der Waals surface area contributed by atoms with Gasteiger partial charge in [-0.25, -0.2) is 8.78 Å². The predicted octanol–water partition coefficient (Wildman–Crippen LogP) is 3.34. The lowest BCUT2D eigenvalue weighted by atomic mass is 10.1. The Bertz CT molecular complexity index is 347. The topological polar surface area (TPSA) is 21.3 Å². The Morgan fingerprint density at radius 3 is 2.76 bits per heavy atom. The van der Waals surface area contributed by atoms with E-state index in [4.69, 9.17) is 4.74 Å². The molecule has 1 aromatic rings. The molecule has 0 atom stereocenters. The van der Waals surface area contributed by atoms with Crippen molar-refractivity contribution in [1.29, 1.82) is 0 Å². The summed E-state index contributed by atoms with van der Waals surface area (Å²) in [5.74, 6) is 0. The molecule has 0 aromatic heterocycles. The van der Waals surface area contributed by atoms with Gasteiger partial charge in [0.05, 0.1) is 6.61 Å². The number of alkyl halides is 2. The molecule has 0 aliphatic rings. The molecule has 0 aliphatic heterocycles. The van der Waals surface area contributed by atoms with Crippen molar-refractivity contribution in [3.05, 3.63) is 33.8 Å². The van der Waals surface area contributed by atoms with E-state index in [0.717, 1.165) is 28.7 Å². The molecule has 5 heteroatoms. The zero-order valence-electron chi connectivity index (χ0n) is 9.68. The fraction of sp³-hybridized carbons (Fsp3) is 0.500. The van der Waals surface area contributed by atoms with Gasteiger partial charge in [0.25, 0.3) is 6.43 Å². The molecule has 96 valence electrons. The highest BCUT2D eigenvalue weighted by atomic mass is 79.9. The van der Waals surface area contributed by atoms with Crippen molar-refractivity contribution in [2.45, 2.75) is 26.5 Å². The largest absolute Gasteiger partial charge is 0.371 e. The lowest BCUT2D eigenvalue weighted by Gasteiger charge is -2.08. The van der Waals surface area contributed by atoms with E-state index in [1.165, 1.54) is 0 Å². The van der Waals surface area contributed by atoms with Gasteiger partial charge >= 0.3 is 0 Å².